The summed E-state index contributed by atoms with van der Waals surface area (Å²) < 4.78 is 29.9. The van der Waals surface area contributed by atoms with Crippen LogP contribution in [0.4, 0.5) is 6.01 Å². The SMILES string of the molecule is O=C(CN1C(=O)c2ccccc2C1=O)Nc1nnc(CS(=O)(=O)c2ccccc2)o1. The number of anilines is 1. The van der Waals surface area contributed by atoms with E-state index >= 15 is 0 Å². The van der Waals surface area contributed by atoms with Crippen LogP contribution in [0.5, 0.6) is 0 Å². The summed E-state index contributed by atoms with van der Waals surface area (Å²) in [7, 11) is -3.70. The van der Waals surface area contributed by atoms with Crippen LogP contribution < -0.4 is 5.32 Å². The molecule has 0 fully saturated rings. The van der Waals surface area contributed by atoms with Crippen LogP contribution in [0.25, 0.3) is 0 Å². The average molecular weight is 426 g/mol. The third-order valence-corrected chi connectivity index (χ3v) is 5.93. The fourth-order valence-corrected chi connectivity index (χ4v) is 4.10. The van der Waals surface area contributed by atoms with Crippen molar-refractivity contribution in [1.82, 2.24) is 15.1 Å². The number of benzene rings is 2. The number of imide groups is 1. The zero-order valence-electron chi connectivity index (χ0n) is 15.3. The van der Waals surface area contributed by atoms with Gasteiger partial charge in [-0.1, -0.05) is 35.4 Å². The number of carbonyl (C=O) groups is 3. The molecule has 1 N–H and O–H groups in total. The first-order chi connectivity index (χ1) is 14.3. The second-order valence-corrected chi connectivity index (χ2v) is 8.35. The summed E-state index contributed by atoms with van der Waals surface area (Å²) in [5.41, 5.74) is 0.447. The summed E-state index contributed by atoms with van der Waals surface area (Å²) >= 11 is 0. The third kappa shape index (κ3) is 3.70. The lowest BCUT2D eigenvalue weighted by Crippen LogP contribution is -2.37. The first-order valence-corrected chi connectivity index (χ1v) is 10.4. The molecular weight excluding hydrogens is 412 g/mol. The van der Waals surface area contributed by atoms with Gasteiger partial charge in [-0.25, -0.2) is 8.42 Å². The van der Waals surface area contributed by atoms with Crippen molar-refractivity contribution in [3.63, 3.8) is 0 Å². The highest BCUT2D eigenvalue weighted by Gasteiger charge is 2.36. The Kier molecular flexibility index (Phi) is 4.88. The quantitative estimate of drug-likeness (QED) is 0.582. The molecule has 0 atom stereocenters. The van der Waals surface area contributed by atoms with Crippen molar-refractivity contribution in [2.45, 2.75) is 10.6 Å². The molecule has 2 heterocycles. The molecule has 0 bridgehead atoms. The number of hydrogen-bond donors (Lipinski definition) is 1. The van der Waals surface area contributed by atoms with Gasteiger partial charge in [-0.2, -0.15) is 0 Å². The Bertz CT molecular complexity index is 1220. The van der Waals surface area contributed by atoms with Crippen molar-refractivity contribution in [2.75, 3.05) is 11.9 Å². The van der Waals surface area contributed by atoms with E-state index in [1.165, 1.54) is 24.3 Å². The number of rotatable bonds is 6. The fraction of sp³-hybridized carbons (Fsp3) is 0.105. The molecule has 0 radical (unpaired) electrons. The summed E-state index contributed by atoms with van der Waals surface area (Å²) in [4.78, 5) is 37.7. The minimum absolute atomic E-state index is 0.0967. The maximum Gasteiger partial charge on any atom is 0.322 e. The zero-order chi connectivity index (χ0) is 21.3. The van der Waals surface area contributed by atoms with Gasteiger partial charge in [0.1, 0.15) is 12.3 Å². The standard InChI is InChI=1S/C19H14N4O6S/c24-15(10-23-17(25)13-8-4-5-9-14(13)18(23)26)20-19-22-21-16(29-19)11-30(27,28)12-6-2-1-3-7-12/h1-9H,10-11H2,(H,20,22,24). The summed E-state index contributed by atoms with van der Waals surface area (Å²) in [5, 5.41) is 9.46. The Labute approximate surface area is 170 Å². The molecular formula is C19H14N4O6S. The minimum atomic E-state index is -3.70. The molecule has 30 heavy (non-hydrogen) atoms. The van der Waals surface area contributed by atoms with E-state index in [2.05, 4.69) is 15.5 Å². The summed E-state index contributed by atoms with van der Waals surface area (Å²) in [5.74, 6) is -2.66. The van der Waals surface area contributed by atoms with E-state index < -0.39 is 39.9 Å². The van der Waals surface area contributed by atoms with Gasteiger partial charge in [-0.3, -0.25) is 24.6 Å². The number of carbonyl (C=O) groups excluding carboxylic acids is 3. The first kappa shape index (κ1) is 19.5. The number of fused-ring (bicyclic) bond motifs is 1. The molecule has 11 heteroatoms. The Morgan fingerprint density at radius 2 is 1.53 bits per heavy atom. The van der Waals surface area contributed by atoms with Crippen molar-refractivity contribution in [1.29, 1.82) is 0 Å². The van der Waals surface area contributed by atoms with Gasteiger partial charge in [-0.15, -0.1) is 5.10 Å². The van der Waals surface area contributed by atoms with Crippen LogP contribution in [0.3, 0.4) is 0 Å². The molecule has 1 aliphatic heterocycles. The molecule has 3 aromatic rings. The van der Waals surface area contributed by atoms with E-state index in [9.17, 15) is 22.8 Å². The van der Waals surface area contributed by atoms with Crippen LogP contribution in [0.2, 0.25) is 0 Å². The molecule has 10 nitrogen and oxygen atoms in total. The molecule has 3 amide bonds. The maximum absolute atomic E-state index is 12.3. The predicted octanol–water partition coefficient (Wildman–Crippen LogP) is 1.28. The monoisotopic (exact) mass is 426 g/mol. The largest absolute Gasteiger partial charge is 0.407 e. The Balaban J connectivity index is 1.40. The molecule has 1 aliphatic rings. The number of aromatic nitrogens is 2. The maximum atomic E-state index is 12.3. The minimum Gasteiger partial charge on any atom is -0.407 e. The number of nitrogens with one attached hydrogen (secondary N) is 1. The molecule has 0 saturated carbocycles. The summed E-state index contributed by atoms with van der Waals surface area (Å²) in [6, 6.07) is 13.7. The van der Waals surface area contributed by atoms with Gasteiger partial charge in [0, 0.05) is 0 Å². The van der Waals surface area contributed by atoms with Crippen molar-refractivity contribution in [3.05, 3.63) is 71.6 Å². The fourth-order valence-electron chi connectivity index (χ4n) is 2.92. The van der Waals surface area contributed by atoms with Gasteiger partial charge >= 0.3 is 6.01 Å². The van der Waals surface area contributed by atoms with E-state index in [-0.39, 0.29) is 27.9 Å². The molecule has 0 aliphatic carbocycles. The normalized spacial score (nSPS) is 13.4. The lowest BCUT2D eigenvalue weighted by Gasteiger charge is -2.12. The van der Waals surface area contributed by atoms with E-state index in [1.807, 2.05) is 0 Å². The van der Waals surface area contributed by atoms with E-state index in [1.54, 1.807) is 30.3 Å². The van der Waals surface area contributed by atoms with Crippen molar-refractivity contribution < 1.29 is 27.2 Å². The highest BCUT2D eigenvalue weighted by atomic mass is 32.2. The Morgan fingerprint density at radius 1 is 0.933 bits per heavy atom. The second-order valence-electron chi connectivity index (χ2n) is 6.36. The van der Waals surface area contributed by atoms with Gasteiger partial charge in [0.25, 0.3) is 11.8 Å². The Morgan fingerprint density at radius 3 is 2.17 bits per heavy atom. The average Bonchev–Trinajstić information content (AvgIpc) is 3.26. The van der Waals surface area contributed by atoms with Crippen LogP contribution in [-0.4, -0.2) is 47.8 Å². The number of nitrogens with zero attached hydrogens (tertiary/aromatic N) is 3. The van der Waals surface area contributed by atoms with Crippen LogP contribution in [0, 0.1) is 0 Å². The smallest absolute Gasteiger partial charge is 0.322 e. The van der Waals surface area contributed by atoms with E-state index in [0.29, 0.717) is 0 Å². The second kappa shape index (κ2) is 7.52. The van der Waals surface area contributed by atoms with Gasteiger partial charge in [0.05, 0.1) is 16.0 Å². The van der Waals surface area contributed by atoms with Gasteiger partial charge < -0.3 is 4.42 Å². The molecule has 4 rings (SSSR count). The van der Waals surface area contributed by atoms with Crippen LogP contribution >= 0.6 is 0 Å². The summed E-state index contributed by atoms with van der Waals surface area (Å²) in [6.45, 7) is -0.549. The molecule has 0 saturated heterocycles. The topological polar surface area (TPSA) is 140 Å². The zero-order valence-corrected chi connectivity index (χ0v) is 16.1. The molecule has 1 aromatic heterocycles. The highest BCUT2D eigenvalue weighted by Crippen LogP contribution is 2.22. The molecule has 0 unspecified atom stereocenters. The van der Waals surface area contributed by atoms with E-state index in [0.717, 1.165) is 4.90 Å². The lowest BCUT2D eigenvalue weighted by molar-refractivity contribution is -0.116. The van der Waals surface area contributed by atoms with E-state index in [4.69, 9.17) is 4.42 Å². The van der Waals surface area contributed by atoms with Crippen molar-refractivity contribution in [2.24, 2.45) is 0 Å². The van der Waals surface area contributed by atoms with Crippen LogP contribution in [-0.2, 0) is 20.4 Å². The Hall–Kier alpha value is -3.86. The van der Waals surface area contributed by atoms with Gasteiger partial charge in [0.15, 0.2) is 9.84 Å². The van der Waals surface area contributed by atoms with Crippen molar-refractivity contribution in [3.8, 4) is 0 Å². The number of sulfone groups is 1. The van der Waals surface area contributed by atoms with Crippen LogP contribution in [0.15, 0.2) is 63.9 Å². The molecule has 152 valence electrons. The molecule has 0 spiro atoms. The van der Waals surface area contributed by atoms with Crippen LogP contribution in [0.1, 0.15) is 26.6 Å². The lowest BCUT2D eigenvalue weighted by atomic mass is 10.1. The van der Waals surface area contributed by atoms with Gasteiger partial charge in [0.2, 0.25) is 11.8 Å². The highest BCUT2D eigenvalue weighted by molar-refractivity contribution is 7.90. The first-order valence-electron chi connectivity index (χ1n) is 8.70. The third-order valence-electron chi connectivity index (χ3n) is 4.31. The summed E-state index contributed by atoms with van der Waals surface area (Å²) in [6.07, 6.45) is 0. The number of hydrogen-bond acceptors (Lipinski definition) is 8. The number of amides is 3. The van der Waals surface area contributed by atoms with Crippen molar-refractivity contribution >= 4 is 33.6 Å². The molecule has 2 aromatic carbocycles. The predicted molar refractivity (Wildman–Crippen MR) is 102 cm³/mol. The van der Waals surface area contributed by atoms with Gasteiger partial charge in [-0.05, 0) is 24.3 Å².